The third-order valence-electron chi connectivity index (χ3n) is 3.01. The van der Waals surface area contributed by atoms with E-state index in [2.05, 4.69) is 15.6 Å². The summed E-state index contributed by atoms with van der Waals surface area (Å²) in [5, 5.41) is 7.20. The predicted octanol–water partition coefficient (Wildman–Crippen LogP) is 1.06. The highest BCUT2D eigenvalue weighted by molar-refractivity contribution is 7.90. The highest BCUT2D eigenvalue weighted by Crippen LogP contribution is 2.24. The molecule has 0 saturated carbocycles. The fourth-order valence-electron chi connectivity index (χ4n) is 1.71. The molecule has 0 aliphatic rings. The van der Waals surface area contributed by atoms with Crippen molar-refractivity contribution in [2.75, 3.05) is 38.8 Å². The van der Waals surface area contributed by atoms with Gasteiger partial charge in [0.05, 0.1) is 30.5 Å². The first kappa shape index (κ1) is 20.1. The zero-order valence-corrected chi connectivity index (χ0v) is 15.7. The van der Waals surface area contributed by atoms with Crippen molar-refractivity contribution in [3.05, 3.63) is 21.9 Å². The first-order valence-corrected chi connectivity index (χ1v) is 9.76. The molecule has 132 valence electrons. The number of halogens is 2. The molecular weight excluding hydrogens is 363 g/mol. The van der Waals surface area contributed by atoms with Gasteiger partial charge < -0.3 is 19.9 Å². The summed E-state index contributed by atoms with van der Waals surface area (Å²) in [5.74, 6) is 0.625. The number of aliphatic imine (C=N–C) groups is 1. The fourth-order valence-corrected chi connectivity index (χ4v) is 2.54. The number of hydrogen-bond donors (Lipinski definition) is 2. The average Bonchev–Trinajstić information content (AvgIpc) is 2.72. The van der Waals surface area contributed by atoms with E-state index in [1.54, 1.807) is 17.7 Å². The molecule has 0 aliphatic heterocycles. The van der Waals surface area contributed by atoms with E-state index in [-0.39, 0.29) is 12.4 Å². The van der Waals surface area contributed by atoms with Crippen LogP contribution in [0.25, 0.3) is 0 Å². The molecule has 0 atom stereocenters. The van der Waals surface area contributed by atoms with Gasteiger partial charge in [-0.05, 0) is 6.07 Å². The molecule has 1 rings (SSSR count). The summed E-state index contributed by atoms with van der Waals surface area (Å²) in [4.78, 5) is 4.09. The molecule has 10 heteroatoms. The molecule has 0 amide bonds. The molecule has 2 N–H and O–H groups in total. The number of sulfone groups is 1. The van der Waals surface area contributed by atoms with Gasteiger partial charge in [0.15, 0.2) is 5.96 Å². The molecule has 0 unspecified atom stereocenters. The smallest absolute Gasteiger partial charge is 0.191 e. The zero-order valence-electron chi connectivity index (χ0n) is 13.4. The quantitative estimate of drug-likeness (QED) is 0.397. The third-order valence-corrected chi connectivity index (χ3v) is 4.76. The summed E-state index contributed by atoms with van der Waals surface area (Å²) < 4.78 is 28.9. The molecule has 1 aromatic heterocycles. The van der Waals surface area contributed by atoms with Gasteiger partial charge in [-0.3, -0.25) is 4.99 Å². The predicted molar refractivity (Wildman–Crippen MR) is 94.2 cm³/mol. The van der Waals surface area contributed by atoms with Crippen molar-refractivity contribution in [1.29, 1.82) is 0 Å². The molecule has 0 aliphatic carbocycles. The van der Waals surface area contributed by atoms with Crippen molar-refractivity contribution in [1.82, 2.24) is 15.2 Å². The molecular formula is C13H22Cl2N4O3S. The maximum Gasteiger partial charge on any atom is 0.191 e. The summed E-state index contributed by atoms with van der Waals surface area (Å²) >= 11 is 12.0. The lowest BCUT2D eigenvalue weighted by molar-refractivity contribution is 0.154. The monoisotopic (exact) mass is 384 g/mol. The summed E-state index contributed by atoms with van der Waals surface area (Å²) in [7, 11) is 0.505. The Labute approximate surface area is 146 Å². The van der Waals surface area contributed by atoms with Gasteiger partial charge in [-0.2, -0.15) is 0 Å². The van der Waals surface area contributed by atoms with Gasteiger partial charge in [-0.25, -0.2) is 8.42 Å². The summed E-state index contributed by atoms with van der Waals surface area (Å²) in [6.07, 6.45) is 1.18. The molecule has 0 bridgehead atoms. The van der Waals surface area contributed by atoms with E-state index < -0.39 is 9.84 Å². The molecule has 0 saturated heterocycles. The highest BCUT2D eigenvalue weighted by atomic mass is 35.5. The van der Waals surface area contributed by atoms with Gasteiger partial charge in [0, 0.05) is 32.6 Å². The van der Waals surface area contributed by atoms with E-state index in [4.69, 9.17) is 27.9 Å². The number of guanidine groups is 1. The summed E-state index contributed by atoms with van der Waals surface area (Å²) in [6.45, 7) is 1.60. The van der Waals surface area contributed by atoms with Crippen LogP contribution in [-0.4, -0.2) is 57.8 Å². The first-order valence-electron chi connectivity index (χ1n) is 6.94. The van der Waals surface area contributed by atoms with E-state index in [1.807, 2.05) is 7.05 Å². The lowest BCUT2D eigenvalue weighted by Crippen LogP contribution is -2.39. The Kier molecular flexibility index (Phi) is 8.18. The van der Waals surface area contributed by atoms with Gasteiger partial charge in [0.25, 0.3) is 0 Å². The van der Waals surface area contributed by atoms with Crippen molar-refractivity contribution in [2.45, 2.75) is 6.54 Å². The third kappa shape index (κ3) is 7.43. The molecule has 0 fully saturated rings. The molecule has 0 radical (unpaired) electrons. The normalized spacial score (nSPS) is 12.5. The molecule has 7 nitrogen and oxygen atoms in total. The van der Waals surface area contributed by atoms with Crippen LogP contribution in [0.3, 0.4) is 0 Å². The minimum absolute atomic E-state index is 0.0228. The van der Waals surface area contributed by atoms with Gasteiger partial charge in [0.2, 0.25) is 0 Å². The van der Waals surface area contributed by atoms with Crippen LogP contribution in [0, 0.1) is 0 Å². The molecule has 0 aromatic carbocycles. The maximum absolute atomic E-state index is 10.9. The van der Waals surface area contributed by atoms with E-state index >= 15 is 0 Å². The number of aromatic nitrogens is 1. The van der Waals surface area contributed by atoms with Crippen LogP contribution < -0.4 is 10.6 Å². The highest BCUT2D eigenvalue weighted by Gasteiger charge is 2.09. The Morgan fingerprint density at radius 1 is 1.35 bits per heavy atom. The van der Waals surface area contributed by atoms with Crippen LogP contribution in [0.5, 0.6) is 0 Å². The second-order valence-corrected chi connectivity index (χ2v) is 7.95. The van der Waals surface area contributed by atoms with Crippen molar-refractivity contribution >= 4 is 39.0 Å². The van der Waals surface area contributed by atoms with Gasteiger partial charge in [0.1, 0.15) is 15.0 Å². The number of rotatable bonds is 8. The SMILES string of the molecule is CN=C(NCCOCCS(C)(=O)=O)NCc1cc(Cl)c(Cl)n1C. The van der Waals surface area contributed by atoms with E-state index in [1.165, 1.54) is 6.26 Å². The molecule has 1 heterocycles. The van der Waals surface area contributed by atoms with Crippen LogP contribution in [0.15, 0.2) is 11.1 Å². The van der Waals surface area contributed by atoms with Crippen molar-refractivity contribution in [2.24, 2.45) is 12.0 Å². The minimum atomic E-state index is -2.98. The lowest BCUT2D eigenvalue weighted by atomic mass is 10.4. The Balaban J connectivity index is 2.29. The molecule has 1 aromatic rings. The second kappa shape index (κ2) is 9.36. The topological polar surface area (TPSA) is 84.7 Å². The molecule has 0 spiro atoms. The Hall–Kier alpha value is -0.960. The Morgan fingerprint density at radius 2 is 2.04 bits per heavy atom. The largest absolute Gasteiger partial charge is 0.379 e. The van der Waals surface area contributed by atoms with E-state index in [9.17, 15) is 8.42 Å². The van der Waals surface area contributed by atoms with E-state index in [0.29, 0.717) is 35.8 Å². The van der Waals surface area contributed by atoms with E-state index in [0.717, 1.165) is 5.69 Å². The van der Waals surface area contributed by atoms with Gasteiger partial charge in [-0.15, -0.1) is 0 Å². The number of ether oxygens (including phenoxy) is 1. The Bertz CT molecular complexity index is 644. The molecule has 23 heavy (non-hydrogen) atoms. The van der Waals surface area contributed by atoms with Gasteiger partial charge >= 0.3 is 0 Å². The average molecular weight is 385 g/mol. The second-order valence-electron chi connectivity index (χ2n) is 4.93. The van der Waals surface area contributed by atoms with Crippen LogP contribution >= 0.6 is 23.2 Å². The summed E-state index contributed by atoms with van der Waals surface area (Å²) in [6, 6.07) is 1.79. The van der Waals surface area contributed by atoms with Crippen LogP contribution in [0.4, 0.5) is 0 Å². The van der Waals surface area contributed by atoms with Crippen molar-refractivity contribution < 1.29 is 13.2 Å². The van der Waals surface area contributed by atoms with Crippen LogP contribution in [0.1, 0.15) is 5.69 Å². The zero-order chi connectivity index (χ0) is 17.5. The van der Waals surface area contributed by atoms with Crippen molar-refractivity contribution in [3.63, 3.8) is 0 Å². The minimum Gasteiger partial charge on any atom is -0.379 e. The number of nitrogens with zero attached hydrogens (tertiary/aromatic N) is 2. The Morgan fingerprint density at radius 3 is 2.57 bits per heavy atom. The van der Waals surface area contributed by atoms with Crippen molar-refractivity contribution in [3.8, 4) is 0 Å². The summed E-state index contributed by atoms with van der Waals surface area (Å²) in [5.41, 5.74) is 0.923. The lowest BCUT2D eigenvalue weighted by Gasteiger charge is -2.12. The van der Waals surface area contributed by atoms with Gasteiger partial charge in [-0.1, -0.05) is 23.2 Å². The maximum atomic E-state index is 10.9. The van der Waals surface area contributed by atoms with Crippen LogP contribution in [-0.2, 0) is 28.2 Å². The van der Waals surface area contributed by atoms with Crippen LogP contribution in [0.2, 0.25) is 10.2 Å². The number of nitrogens with one attached hydrogen (secondary N) is 2. The fraction of sp³-hybridized carbons (Fsp3) is 0.615. The standard InChI is InChI=1S/C13H22Cl2N4O3S/c1-16-13(17-4-5-22-6-7-23(3,20)21)18-9-10-8-11(14)12(15)19(10)2/h8H,4-7,9H2,1-3H3,(H2,16,17,18). The number of hydrogen-bond acceptors (Lipinski definition) is 4. The first-order chi connectivity index (χ1) is 10.7.